The average Bonchev–Trinajstić information content (AvgIpc) is 1.67. The molecule has 14 heterocycles. The van der Waals surface area contributed by atoms with E-state index in [4.69, 9.17) is 9.84 Å². The molecule has 1 unspecified atom stereocenters. The number of carbonyl (C=O) groups is 3. The number of imidazole rings is 4. The van der Waals surface area contributed by atoms with E-state index in [1.165, 1.54) is 24.5 Å². The molecule has 2 aliphatic heterocycles. The number of aliphatic hydroxyl groups is 1. The van der Waals surface area contributed by atoms with Crippen LogP contribution in [0.25, 0.3) is 67.6 Å². The number of carbonyl (C=O) groups excluding carboxylic acids is 3. The lowest BCUT2D eigenvalue weighted by Gasteiger charge is -2.38. The van der Waals surface area contributed by atoms with E-state index < -0.39 is 6.61 Å². The fourth-order valence-electron chi connectivity index (χ4n) is 15.9. The van der Waals surface area contributed by atoms with Crippen molar-refractivity contribution in [1.82, 2.24) is 77.9 Å². The van der Waals surface area contributed by atoms with Gasteiger partial charge in [0.15, 0.2) is 22.6 Å². The van der Waals surface area contributed by atoms with E-state index in [0.29, 0.717) is 65.7 Å². The minimum Gasteiger partial charge on any atom is -0.387 e. The number of aromatic nitrogens is 12. The van der Waals surface area contributed by atoms with Crippen LogP contribution in [-0.2, 0) is 9.53 Å². The number of methoxy groups -OCH3 is 1. The molecule has 128 heavy (non-hydrogen) atoms. The SMILES string of the molecule is CC(C)N1CCN(c2ccc(Nc3ccc(-c4cc[nH]c(=O)c4)n4ccnc34)cc2F)CC1.CCC(COC)NC(=O)c1ccc(Nc2ccc(-c3cc[nH]c(=O)c3)n3ccnc23)cc1.O=C(CO)N1CCC(c2ccc(Nc3ccc(-c4cc[nH]c(=O)c4)n4ccnc34)cc2)CC1.O=C(NCC1CC1)c1ccc(Nc2ccc(-c3cc[nH]c(=O)c3)n3ccnc23)cc1. The zero-order chi connectivity index (χ0) is 88.7. The standard InChI is InChI=1S/C25H27FN6O.C25H25N5O3.C24H25N5O3.C23H21N5O2/c1-17(2)30-11-13-31(14-12-30)23-5-3-19(16-20(23)26)29-21-4-6-22(32-10-9-28-25(21)32)18-7-8-27-24(33)15-18;31-16-24(33)29-12-8-18(9-13-29)17-1-3-20(4-2-17)28-21-5-6-22(30-14-11-27-25(21)30)19-7-10-26-23(32)15-19;1-3-18(15-32-2)28-24(31)16-4-6-19(7-5-16)27-20-8-9-21(29-13-12-26-23(20)29)17-10-11-25-22(30)14-17;29-21-13-17(9-10-24-21)20-8-7-19(22-25-11-12-28(20)22)27-18-5-3-16(4-6-18)23(30)26-14-15-1-2-15/h3-10,15-17,29H,11-14H2,1-2H3,(H,27,33);1-7,10-11,14-15,18,28,31H,8-9,12-13,16H2,(H,26,32);4-14,18,27H,3,15H2,1-2H3,(H,25,30)(H,28,31);3-13,15,27H,1-2,14H2,(H,24,29)(H,26,30). The van der Waals surface area contributed by atoms with Crippen LogP contribution in [0, 0.1) is 11.7 Å². The lowest BCUT2D eigenvalue weighted by Crippen LogP contribution is -2.49. The molecule has 0 radical (unpaired) electrons. The van der Waals surface area contributed by atoms with Crippen LogP contribution in [-0.4, -0.2) is 168 Å². The van der Waals surface area contributed by atoms with Crippen LogP contribution < -0.4 is 59.0 Å². The molecule has 652 valence electrons. The number of aliphatic hydroxyl groups excluding tert-OH is 1. The number of aromatic amines is 4. The number of nitrogens with zero attached hydrogens (tertiary/aromatic N) is 11. The molecular formula is C97H98FN21O9. The van der Waals surface area contributed by atoms with Gasteiger partial charge in [-0.1, -0.05) is 19.1 Å². The van der Waals surface area contributed by atoms with Gasteiger partial charge in [-0.15, -0.1) is 0 Å². The number of hydrogen-bond donors (Lipinski definition) is 11. The first kappa shape index (κ1) is 86.2. The Kier molecular flexibility index (Phi) is 26.7. The Morgan fingerprint density at radius 1 is 0.469 bits per heavy atom. The van der Waals surface area contributed by atoms with Gasteiger partial charge in [-0.25, -0.2) is 24.3 Å². The average molecular weight is 1720 g/mol. The van der Waals surface area contributed by atoms with Gasteiger partial charge in [0.2, 0.25) is 28.1 Å². The summed E-state index contributed by atoms with van der Waals surface area (Å²) in [5.41, 5.74) is 18.8. The Balaban J connectivity index is 0.000000125. The summed E-state index contributed by atoms with van der Waals surface area (Å²) in [7, 11) is 1.62. The molecule has 16 aromatic rings. The molecule has 0 bridgehead atoms. The van der Waals surface area contributed by atoms with Crippen LogP contribution in [0.15, 0.2) is 282 Å². The summed E-state index contributed by atoms with van der Waals surface area (Å²) in [6.45, 7) is 12.1. The highest BCUT2D eigenvalue weighted by Gasteiger charge is 2.27. The van der Waals surface area contributed by atoms with Gasteiger partial charge in [0.05, 0.1) is 63.9 Å². The number of rotatable bonds is 24. The molecular weight excluding hydrogens is 1620 g/mol. The van der Waals surface area contributed by atoms with Gasteiger partial charge >= 0.3 is 0 Å². The molecule has 11 N–H and O–H groups in total. The quantitative estimate of drug-likeness (QED) is 0.0268. The number of fused-ring (bicyclic) bond motifs is 4. The Morgan fingerprint density at radius 2 is 0.852 bits per heavy atom. The number of amides is 3. The van der Waals surface area contributed by atoms with E-state index in [-0.39, 0.29) is 51.8 Å². The van der Waals surface area contributed by atoms with Crippen LogP contribution in [0.3, 0.4) is 0 Å². The van der Waals surface area contributed by atoms with Gasteiger partial charge in [0.25, 0.3) is 11.8 Å². The van der Waals surface area contributed by atoms with Crippen LogP contribution in [0.5, 0.6) is 0 Å². The highest BCUT2D eigenvalue weighted by atomic mass is 19.1. The highest BCUT2D eigenvalue weighted by molar-refractivity contribution is 5.96. The molecule has 31 heteroatoms. The third-order valence-electron chi connectivity index (χ3n) is 23.0. The fourth-order valence-corrected chi connectivity index (χ4v) is 15.9. The maximum absolute atomic E-state index is 15.0. The Bertz CT molecular complexity index is 6850. The first-order chi connectivity index (χ1) is 62.4. The number of piperidine rings is 1. The number of H-pyrrole nitrogens is 4. The summed E-state index contributed by atoms with van der Waals surface area (Å²) in [6.07, 6.45) is 25.9. The number of likely N-dealkylation sites (tertiary alicyclic amines) is 1. The van der Waals surface area contributed by atoms with E-state index in [2.05, 4.69) is 120 Å². The molecule has 4 aromatic carbocycles. The third-order valence-corrected chi connectivity index (χ3v) is 23.0. The highest BCUT2D eigenvalue weighted by Crippen LogP contribution is 2.36. The monoisotopic (exact) mass is 1720 g/mol. The zero-order valence-corrected chi connectivity index (χ0v) is 71.0. The van der Waals surface area contributed by atoms with Crippen LogP contribution in [0.1, 0.15) is 85.1 Å². The first-order valence-corrected chi connectivity index (χ1v) is 42.6. The van der Waals surface area contributed by atoms with Gasteiger partial charge in [-0.2, -0.15) is 0 Å². The van der Waals surface area contributed by atoms with Crippen LogP contribution in [0.2, 0.25) is 0 Å². The molecule has 1 aliphatic carbocycles. The van der Waals surface area contributed by atoms with E-state index >= 15 is 4.39 Å². The molecule has 1 atom stereocenters. The summed E-state index contributed by atoms with van der Waals surface area (Å²) in [4.78, 5) is 118. The smallest absolute Gasteiger partial charge is 0.251 e. The predicted octanol–water partition coefficient (Wildman–Crippen LogP) is 14.4. The van der Waals surface area contributed by atoms with Crippen molar-refractivity contribution >= 4 is 91.5 Å². The predicted molar refractivity (Wildman–Crippen MR) is 497 cm³/mol. The molecule has 3 fully saturated rings. The number of ether oxygens (including phenoxy) is 1. The van der Waals surface area contributed by atoms with Crippen molar-refractivity contribution in [1.29, 1.82) is 0 Å². The molecule has 30 nitrogen and oxygen atoms in total. The molecule has 3 aliphatic rings. The number of halogens is 1. The number of nitrogens with one attached hydrogen (secondary N) is 10. The minimum absolute atomic E-state index is 0.0160. The largest absolute Gasteiger partial charge is 0.387 e. The summed E-state index contributed by atoms with van der Waals surface area (Å²) >= 11 is 0. The van der Waals surface area contributed by atoms with Gasteiger partial charge in [0, 0.05) is 214 Å². The maximum Gasteiger partial charge on any atom is 0.251 e. The second kappa shape index (κ2) is 39.7. The van der Waals surface area contributed by atoms with Gasteiger partial charge in [0.1, 0.15) is 12.4 Å². The van der Waals surface area contributed by atoms with Crippen molar-refractivity contribution in [2.45, 2.75) is 70.9 Å². The van der Waals surface area contributed by atoms with E-state index in [0.717, 1.165) is 154 Å². The molecule has 2 saturated heterocycles. The molecule has 19 rings (SSSR count). The van der Waals surface area contributed by atoms with Crippen molar-refractivity contribution in [3.8, 4) is 45.0 Å². The van der Waals surface area contributed by atoms with Crippen molar-refractivity contribution in [2.24, 2.45) is 5.92 Å². The van der Waals surface area contributed by atoms with Gasteiger partial charge in [-0.05, 0) is 215 Å². The van der Waals surface area contributed by atoms with Crippen LogP contribution in [0.4, 0.5) is 55.6 Å². The van der Waals surface area contributed by atoms with Crippen molar-refractivity contribution < 1.29 is 28.6 Å². The number of piperazine rings is 1. The topological polar surface area (TPSA) is 363 Å². The number of anilines is 9. The first-order valence-electron chi connectivity index (χ1n) is 42.6. The number of pyridine rings is 8. The maximum atomic E-state index is 15.0. The summed E-state index contributed by atoms with van der Waals surface area (Å²) in [5, 5.41) is 28.5. The van der Waals surface area contributed by atoms with Crippen molar-refractivity contribution in [3.63, 3.8) is 0 Å². The zero-order valence-electron chi connectivity index (χ0n) is 71.0. The normalized spacial score (nSPS) is 13.7. The Morgan fingerprint density at radius 3 is 1.21 bits per heavy atom. The molecule has 0 spiro atoms. The van der Waals surface area contributed by atoms with Crippen molar-refractivity contribution in [2.75, 3.05) is 92.3 Å². The summed E-state index contributed by atoms with van der Waals surface area (Å²) < 4.78 is 27.9. The van der Waals surface area contributed by atoms with Gasteiger partial charge in [-0.3, -0.25) is 56.1 Å². The third kappa shape index (κ3) is 20.5. The van der Waals surface area contributed by atoms with E-state index in [1.807, 2.05) is 171 Å². The molecule has 12 aromatic heterocycles. The summed E-state index contributed by atoms with van der Waals surface area (Å²) in [6, 6.07) is 58.0. The second-order valence-corrected chi connectivity index (χ2v) is 31.8. The Labute approximate surface area is 734 Å². The fraction of sp³-hybridized carbons (Fsp3) is 0.227. The van der Waals surface area contributed by atoms with Crippen LogP contribution >= 0.6 is 0 Å². The molecule has 3 amide bonds. The summed E-state index contributed by atoms with van der Waals surface area (Å²) in [5.74, 6) is 0.476. The minimum atomic E-state index is -0.417. The lowest BCUT2D eigenvalue weighted by atomic mass is 9.89. The Hall–Kier alpha value is -15.3. The molecule has 1 saturated carbocycles. The van der Waals surface area contributed by atoms with Gasteiger partial charge < -0.3 is 71.5 Å². The second-order valence-electron chi connectivity index (χ2n) is 31.8. The van der Waals surface area contributed by atoms with E-state index in [1.54, 1.807) is 98.0 Å². The lowest BCUT2D eigenvalue weighted by molar-refractivity contribution is -0.135. The van der Waals surface area contributed by atoms with Crippen molar-refractivity contribution in [3.05, 3.63) is 326 Å². The number of hydrogen-bond acceptors (Lipinski definition) is 19. The number of benzene rings is 4. The van der Waals surface area contributed by atoms with E-state index in [9.17, 15) is 33.6 Å².